The summed E-state index contributed by atoms with van der Waals surface area (Å²) in [6.07, 6.45) is 7.03. The number of rotatable bonds is 4. The fraction of sp³-hybridized carbons (Fsp3) is 1.00. The number of hydrogen-bond acceptors (Lipinski definition) is 1. The van der Waals surface area contributed by atoms with Gasteiger partial charge in [0.25, 0.3) is 0 Å². The molecule has 11 heavy (non-hydrogen) atoms. The maximum Gasteiger partial charge on any atom is 0.0464 e. The van der Waals surface area contributed by atoms with Crippen LogP contribution >= 0.6 is 0 Å². The minimum atomic E-state index is 0.959. The molecule has 0 bridgehead atoms. The number of methoxy groups -OCH3 is 1. The lowest BCUT2D eigenvalue weighted by Crippen LogP contribution is -2.00. The van der Waals surface area contributed by atoms with E-state index >= 15 is 0 Å². The Morgan fingerprint density at radius 3 is 2.55 bits per heavy atom. The van der Waals surface area contributed by atoms with Gasteiger partial charge in [0.2, 0.25) is 0 Å². The molecule has 1 saturated carbocycles. The summed E-state index contributed by atoms with van der Waals surface area (Å²) < 4.78 is 5.07. The first-order valence-corrected chi connectivity index (χ1v) is 4.85. The zero-order valence-electron chi connectivity index (χ0n) is 7.81. The Morgan fingerprint density at radius 2 is 2.00 bits per heavy atom. The van der Waals surface area contributed by atoms with Gasteiger partial charge in [-0.1, -0.05) is 26.2 Å². The van der Waals surface area contributed by atoms with Crippen molar-refractivity contribution in [3.05, 3.63) is 0 Å². The first-order chi connectivity index (χ1) is 5.36. The molecule has 0 aromatic rings. The molecule has 0 N–H and O–H groups in total. The predicted octanol–water partition coefficient (Wildman–Crippen LogP) is 2.85. The maximum absolute atomic E-state index is 5.07. The lowest BCUT2D eigenvalue weighted by molar-refractivity contribution is 0.177. The Morgan fingerprint density at radius 1 is 1.27 bits per heavy atom. The van der Waals surface area contributed by atoms with E-state index in [0.29, 0.717) is 0 Å². The third-order valence-electron chi connectivity index (χ3n) is 2.96. The van der Waals surface area contributed by atoms with E-state index in [4.69, 9.17) is 4.74 Å². The normalized spacial score (nSPS) is 31.1. The highest BCUT2D eigenvalue weighted by atomic mass is 16.5. The van der Waals surface area contributed by atoms with Gasteiger partial charge in [-0.15, -0.1) is 0 Å². The average Bonchev–Trinajstić information content (AvgIpc) is 2.48. The Bertz CT molecular complexity index is 101. The zero-order valence-corrected chi connectivity index (χ0v) is 7.81. The Balaban J connectivity index is 2.09. The fourth-order valence-corrected chi connectivity index (χ4v) is 2.10. The minimum absolute atomic E-state index is 0.959. The topological polar surface area (TPSA) is 9.23 Å². The molecule has 0 heterocycles. The van der Waals surface area contributed by atoms with E-state index in [1.807, 2.05) is 0 Å². The Kier molecular flexibility index (Phi) is 3.92. The Labute approximate surface area is 70.1 Å². The largest absolute Gasteiger partial charge is 0.385 e. The van der Waals surface area contributed by atoms with Gasteiger partial charge in [0, 0.05) is 13.7 Å². The zero-order chi connectivity index (χ0) is 8.10. The third-order valence-corrected chi connectivity index (χ3v) is 2.96. The van der Waals surface area contributed by atoms with Crippen molar-refractivity contribution < 1.29 is 4.74 Å². The average molecular weight is 156 g/mol. The van der Waals surface area contributed by atoms with Crippen LogP contribution in [-0.2, 0) is 4.74 Å². The van der Waals surface area contributed by atoms with Gasteiger partial charge in [-0.2, -0.15) is 0 Å². The van der Waals surface area contributed by atoms with Gasteiger partial charge in [0.05, 0.1) is 0 Å². The van der Waals surface area contributed by atoms with E-state index < -0.39 is 0 Å². The first-order valence-electron chi connectivity index (χ1n) is 4.85. The molecular weight excluding hydrogens is 136 g/mol. The molecule has 1 fully saturated rings. The summed E-state index contributed by atoms with van der Waals surface area (Å²) in [5.41, 5.74) is 0. The quantitative estimate of drug-likeness (QED) is 0.608. The summed E-state index contributed by atoms with van der Waals surface area (Å²) in [6.45, 7) is 3.27. The van der Waals surface area contributed by atoms with Gasteiger partial charge in [0.1, 0.15) is 0 Å². The molecule has 2 unspecified atom stereocenters. The van der Waals surface area contributed by atoms with Crippen LogP contribution in [0.4, 0.5) is 0 Å². The van der Waals surface area contributed by atoms with Gasteiger partial charge in [0.15, 0.2) is 0 Å². The van der Waals surface area contributed by atoms with Crippen molar-refractivity contribution in [1.82, 2.24) is 0 Å². The van der Waals surface area contributed by atoms with Crippen LogP contribution in [0, 0.1) is 11.8 Å². The highest BCUT2D eigenvalue weighted by molar-refractivity contribution is 4.74. The molecule has 66 valence electrons. The summed E-state index contributed by atoms with van der Waals surface area (Å²) in [5.74, 6) is 2.00. The first kappa shape index (κ1) is 9.05. The van der Waals surface area contributed by atoms with Crippen molar-refractivity contribution in [2.75, 3.05) is 13.7 Å². The fourth-order valence-electron chi connectivity index (χ4n) is 2.10. The molecular formula is C10H20O. The van der Waals surface area contributed by atoms with E-state index in [-0.39, 0.29) is 0 Å². The van der Waals surface area contributed by atoms with Gasteiger partial charge >= 0.3 is 0 Å². The van der Waals surface area contributed by atoms with Crippen molar-refractivity contribution in [2.24, 2.45) is 11.8 Å². The predicted molar refractivity (Wildman–Crippen MR) is 47.6 cm³/mol. The molecule has 1 aliphatic rings. The summed E-state index contributed by atoms with van der Waals surface area (Å²) in [4.78, 5) is 0. The van der Waals surface area contributed by atoms with Gasteiger partial charge in [-0.05, 0) is 24.7 Å². The van der Waals surface area contributed by atoms with E-state index in [1.165, 1.54) is 32.1 Å². The molecule has 1 rings (SSSR count). The molecule has 0 radical (unpaired) electrons. The molecule has 0 aliphatic heterocycles. The Hall–Kier alpha value is -0.0400. The molecule has 1 aliphatic carbocycles. The lowest BCUT2D eigenvalue weighted by Gasteiger charge is -2.08. The van der Waals surface area contributed by atoms with Crippen LogP contribution in [-0.4, -0.2) is 13.7 Å². The second-order valence-corrected chi connectivity index (χ2v) is 3.73. The SMILES string of the molecule is CCC1CCC(CCOC)C1. The van der Waals surface area contributed by atoms with E-state index in [1.54, 1.807) is 7.11 Å². The molecule has 1 nitrogen and oxygen atoms in total. The van der Waals surface area contributed by atoms with E-state index in [2.05, 4.69) is 6.92 Å². The second kappa shape index (κ2) is 4.76. The van der Waals surface area contributed by atoms with Crippen molar-refractivity contribution in [3.8, 4) is 0 Å². The van der Waals surface area contributed by atoms with Crippen molar-refractivity contribution in [1.29, 1.82) is 0 Å². The van der Waals surface area contributed by atoms with Crippen LogP contribution in [0.25, 0.3) is 0 Å². The van der Waals surface area contributed by atoms with Crippen LogP contribution in [0.5, 0.6) is 0 Å². The van der Waals surface area contributed by atoms with E-state index in [9.17, 15) is 0 Å². The monoisotopic (exact) mass is 156 g/mol. The molecule has 0 amide bonds. The molecule has 0 aromatic heterocycles. The number of ether oxygens (including phenoxy) is 1. The van der Waals surface area contributed by atoms with Crippen LogP contribution in [0.2, 0.25) is 0 Å². The summed E-state index contributed by atoms with van der Waals surface area (Å²) >= 11 is 0. The van der Waals surface area contributed by atoms with Gasteiger partial charge < -0.3 is 4.74 Å². The van der Waals surface area contributed by atoms with Crippen LogP contribution < -0.4 is 0 Å². The highest BCUT2D eigenvalue weighted by Crippen LogP contribution is 2.34. The lowest BCUT2D eigenvalue weighted by atomic mass is 10.0. The van der Waals surface area contributed by atoms with Gasteiger partial charge in [-0.25, -0.2) is 0 Å². The summed E-state index contributed by atoms with van der Waals surface area (Å²) in [7, 11) is 1.80. The smallest absolute Gasteiger partial charge is 0.0464 e. The second-order valence-electron chi connectivity index (χ2n) is 3.73. The summed E-state index contributed by atoms with van der Waals surface area (Å²) in [6, 6.07) is 0. The highest BCUT2D eigenvalue weighted by Gasteiger charge is 2.22. The molecule has 0 aromatic carbocycles. The van der Waals surface area contributed by atoms with Crippen molar-refractivity contribution >= 4 is 0 Å². The number of hydrogen-bond donors (Lipinski definition) is 0. The van der Waals surface area contributed by atoms with Crippen molar-refractivity contribution in [2.45, 2.75) is 39.0 Å². The van der Waals surface area contributed by atoms with Gasteiger partial charge in [-0.3, -0.25) is 0 Å². The third kappa shape index (κ3) is 2.82. The summed E-state index contributed by atoms with van der Waals surface area (Å²) in [5, 5.41) is 0. The minimum Gasteiger partial charge on any atom is -0.385 e. The van der Waals surface area contributed by atoms with Crippen LogP contribution in [0.15, 0.2) is 0 Å². The standard InChI is InChI=1S/C10H20O/c1-3-9-4-5-10(8-9)6-7-11-2/h9-10H,3-8H2,1-2H3. The molecule has 2 atom stereocenters. The van der Waals surface area contributed by atoms with Crippen LogP contribution in [0.1, 0.15) is 39.0 Å². The molecule has 0 saturated heterocycles. The molecule has 0 spiro atoms. The van der Waals surface area contributed by atoms with Crippen molar-refractivity contribution in [3.63, 3.8) is 0 Å². The molecule has 1 heteroatoms. The maximum atomic E-state index is 5.07. The van der Waals surface area contributed by atoms with Crippen LogP contribution in [0.3, 0.4) is 0 Å². The van der Waals surface area contributed by atoms with E-state index in [0.717, 1.165) is 18.4 Å².